The zero-order valence-electron chi connectivity index (χ0n) is 9.64. The van der Waals surface area contributed by atoms with Gasteiger partial charge in [0.1, 0.15) is 6.04 Å². The summed E-state index contributed by atoms with van der Waals surface area (Å²) in [5, 5.41) is 2.56. The van der Waals surface area contributed by atoms with E-state index in [4.69, 9.17) is 5.73 Å². The Labute approximate surface area is 99.7 Å². The highest BCUT2D eigenvalue weighted by Crippen LogP contribution is 2.03. The number of amides is 2. The average Bonchev–Trinajstić information content (AvgIpc) is 2.28. The predicted octanol–water partition coefficient (Wildman–Crippen LogP) is 0.631. The van der Waals surface area contributed by atoms with Gasteiger partial charge >= 0.3 is 0 Å². The van der Waals surface area contributed by atoms with Crippen LogP contribution in [0.2, 0.25) is 0 Å². The molecular formula is C12H15N3O2. The summed E-state index contributed by atoms with van der Waals surface area (Å²) in [6.07, 6.45) is 3.35. The molecule has 0 bridgehead atoms. The second-order valence-electron chi connectivity index (χ2n) is 3.83. The maximum atomic E-state index is 11.8. The Kier molecular flexibility index (Phi) is 4.39. The largest absolute Gasteiger partial charge is 0.368 e. The number of aromatic nitrogens is 1. The number of carbonyl (C=O) groups excluding carboxylic acids is 2. The van der Waals surface area contributed by atoms with Gasteiger partial charge in [0.05, 0.1) is 0 Å². The van der Waals surface area contributed by atoms with E-state index in [0.717, 1.165) is 5.57 Å². The van der Waals surface area contributed by atoms with Crippen LogP contribution in [-0.2, 0) is 4.79 Å². The molecule has 0 saturated heterocycles. The lowest BCUT2D eigenvalue weighted by Crippen LogP contribution is -2.44. The molecule has 0 aliphatic rings. The van der Waals surface area contributed by atoms with Gasteiger partial charge in [-0.3, -0.25) is 14.6 Å². The molecule has 0 fully saturated rings. The Bertz CT molecular complexity index is 429. The van der Waals surface area contributed by atoms with Crippen molar-refractivity contribution in [3.63, 3.8) is 0 Å². The number of rotatable bonds is 5. The van der Waals surface area contributed by atoms with Crippen LogP contribution in [0.4, 0.5) is 0 Å². The predicted molar refractivity (Wildman–Crippen MR) is 64.1 cm³/mol. The highest BCUT2D eigenvalue weighted by atomic mass is 16.2. The van der Waals surface area contributed by atoms with Gasteiger partial charge in [0.2, 0.25) is 5.91 Å². The number of nitrogens with one attached hydrogen (secondary N) is 1. The first-order chi connectivity index (χ1) is 8.00. The van der Waals surface area contributed by atoms with Crippen LogP contribution in [0, 0.1) is 0 Å². The maximum absolute atomic E-state index is 11.8. The normalized spacial score (nSPS) is 11.6. The molecule has 90 valence electrons. The molecule has 1 aromatic rings. The van der Waals surface area contributed by atoms with E-state index in [1.54, 1.807) is 19.1 Å². The molecule has 0 unspecified atom stereocenters. The van der Waals surface area contributed by atoms with Crippen LogP contribution in [0.15, 0.2) is 36.7 Å². The maximum Gasteiger partial charge on any atom is 0.252 e. The third kappa shape index (κ3) is 4.06. The monoisotopic (exact) mass is 233 g/mol. The zero-order chi connectivity index (χ0) is 12.8. The second kappa shape index (κ2) is 5.79. The fourth-order valence-corrected chi connectivity index (χ4v) is 1.32. The van der Waals surface area contributed by atoms with E-state index in [2.05, 4.69) is 16.9 Å². The molecule has 0 aliphatic heterocycles. The summed E-state index contributed by atoms with van der Waals surface area (Å²) >= 11 is 0. The van der Waals surface area contributed by atoms with E-state index in [1.165, 1.54) is 12.4 Å². The fraction of sp³-hybridized carbons (Fsp3) is 0.250. The minimum atomic E-state index is -0.729. The van der Waals surface area contributed by atoms with E-state index in [-0.39, 0.29) is 5.91 Å². The quantitative estimate of drug-likeness (QED) is 0.731. The first-order valence-electron chi connectivity index (χ1n) is 5.15. The van der Waals surface area contributed by atoms with Gasteiger partial charge < -0.3 is 11.1 Å². The van der Waals surface area contributed by atoms with E-state index in [1.807, 2.05) is 0 Å². The van der Waals surface area contributed by atoms with Crippen molar-refractivity contribution >= 4 is 11.8 Å². The smallest absolute Gasteiger partial charge is 0.252 e. The zero-order valence-corrected chi connectivity index (χ0v) is 9.64. The van der Waals surface area contributed by atoms with Crippen molar-refractivity contribution in [2.24, 2.45) is 5.73 Å². The van der Waals surface area contributed by atoms with E-state index in [9.17, 15) is 9.59 Å². The number of nitrogens with zero attached hydrogens (tertiary/aromatic N) is 1. The molecule has 0 aromatic carbocycles. The van der Waals surface area contributed by atoms with Gasteiger partial charge in [-0.1, -0.05) is 5.57 Å². The Morgan fingerprint density at radius 1 is 1.47 bits per heavy atom. The molecule has 1 atom stereocenters. The lowest BCUT2D eigenvalue weighted by molar-refractivity contribution is -0.119. The molecule has 17 heavy (non-hydrogen) atoms. The molecule has 0 saturated carbocycles. The number of hydrogen-bond acceptors (Lipinski definition) is 3. The van der Waals surface area contributed by atoms with Crippen LogP contribution in [-0.4, -0.2) is 22.8 Å². The van der Waals surface area contributed by atoms with Crippen molar-refractivity contribution < 1.29 is 9.59 Å². The molecule has 1 aromatic heterocycles. The minimum Gasteiger partial charge on any atom is -0.368 e. The van der Waals surface area contributed by atoms with Crippen molar-refractivity contribution in [1.29, 1.82) is 0 Å². The van der Waals surface area contributed by atoms with Gasteiger partial charge in [-0.2, -0.15) is 0 Å². The number of carbonyl (C=O) groups is 2. The highest BCUT2D eigenvalue weighted by Gasteiger charge is 2.18. The molecule has 2 amide bonds. The summed E-state index contributed by atoms with van der Waals surface area (Å²) in [4.78, 5) is 26.7. The van der Waals surface area contributed by atoms with E-state index >= 15 is 0 Å². The number of hydrogen-bond donors (Lipinski definition) is 2. The third-order valence-corrected chi connectivity index (χ3v) is 2.14. The summed E-state index contributed by atoms with van der Waals surface area (Å²) < 4.78 is 0. The molecule has 0 spiro atoms. The average molecular weight is 233 g/mol. The Morgan fingerprint density at radius 3 is 2.53 bits per heavy atom. The standard InChI is InChI=1S/C12H15N3O2/c1-8(2)7-10(11(13)16)15-12(17)9-3-5-14-6-4-9/h3-6,10H,1,7H2,2H3,(H2,13,16)(H,15,17)/t10-/m1/s1. The van der Waals surface area contributed by atoms with Crippen molar-refractivity contribution in [1.82, 2.24) is 10.3 Å². The van der Waals surface area contributed by atoms with Gasteiger partial charge in [0.15, 0.2) is 0 Å². The molecule has 5 nitrogen and oxygen atoms in total. The van der Waals surface area contributed by atoms with Gasteiger partial charge in [0.25, 0.3) is 5.91 Å². The first kappa shape index (κ1) is 12.9. The SMILES string of the molecule is C=C(C)C[C@@H](NC(=O)c1ccncc1)C(N)=O. The van der Waals surface area contributed by atoms with E-state index in [0.29, 0.717) is 12.0 Å². The molecule has 0 aliphatic carbocycles. The molecule has 1 rings (SSSR count). The molecule has 5 heteroatoms. The molecule has 3 N–H and O–H groups in total. The summed E-state index contributed by atoms with van der Waals surface area (Å²) in [7, 11) is 0. The lowest BCUT2D eigenvalue weighted by atomic mass is 10.1. The summed E-state index contributed by atoms with van der Waals surface area (Å²) in [6, 6.07) is 2.40. The second-order valence-corrected chi connectivity index (χ2v) is 3.83. The Hall–Kier alpha value is -2.17. The highest BCUT2D eigenvalue weighted by molar-refractivity contribution is 5.97. The van der Waals surface area contributed by atoms with Crippen molar-refractivity contribution in [3.05, 3.63) is 42.2 Å². The summed E-state index contributed by atoms with van der Waals surface area (Å²) in [5.74, 6) is -0.923. The van der Waals surface area contributed by atoms with Crippen LogP contribution in [0.25, 0.3) is 0 Å². The van der Waals surface area contributed by atoms with Gasteiger partial charge in [0, 0.05) is 18.0 Å². The number of primary amides is 1. The summed E-state index contributed by atoms with van der Waals surface area (Å²) in [6.45, 7) is 5.46. The van der Waals surface area contributed by atoms with Gasteiger partial charge in [-0.15, -0.1) is 6.58 Å². The van der Waals surface area contributed by atoms with Crippen LogP contribution in [0.3, 0.4) is 0 Å². The van der Waals surface area contributed by atoms with Crippen molar-refractivity contribution in [2.45, 2.75) is 19.4 Å². The van der Waals surface area contributed by atoms with E-state index < -0.39 is 11.9 Å². The van der Waals surface area contributed by atoms with Crippen molar-refractivity contribution in [2.75, 3.05) is 0 Å². The molecule has 1 heterocycles. The molecule has 0 radical (unpaired) electrons. The van der Waals surface area contributed by atoms with Crippen LogP contribution in [0.1, 0.15) is 23.7 Å². The minimum absolute atomic E-state index is 0.339. The number of nitrogens with two attached hydrogens (primary N) is 1. The first-order valence-corrected chi connectivity index (χ1v) is 5.15. The Morgan fingerprint density at radius 2 is 2.06 bits per heavy atom. The van der Waals surface area contributed by atoms with Crippen LogP contribution < -0.4 is 11.1 Å². The Balaban J connectivity index is 2.71. The number of pyridine rings is 1. The molecular weight excluding hydrogens is 218 g/mol. The van der Waals surface area contributed by atoms with Gasteiger partial charge in [-0.05, 0) is 25.5 Å². The fourth-order valence-electron chi connectivity index (χ4n) is 1.32. The lowest BCUT2D eigenvalue weighted by Gasteiger charge is -2.15. The summed E-state index contributed by atoms with van der Waals surface area (Å²) in [5.41, 5.74) is 6.42. The van der Waals surface area contributed by atoms with Crippen molar-refractivity contribution in [3.8, 4) is 0 Å². The van der Waals surface area contributed by atoms with Gasteiger partial charge in [-0.25, -0.2) is 0 Å². The van der Waals surface area contributed by atoms with Crippen LogP contribution in [0.5, 0.6) is 0 Å². The van der Waals surface area contributed by atoms with Crippen LogP contribution >= 0.6 is 0 Å². The third-order valence-electron chi connectivity index (χ3n) is 2.14. The topological polar surface area (TPSA) is 85.1 Å².